The second-order valence-electron chi connectivity index (χ2n) is 9.34. The van der Waals surface area contributed by atoms with Crippen molar-refractivity contribution >= 4 is 28.4 Å². The standard InChI is InChI=1S/C26H8BF15N/c28-12-9(13(29)19(35)24(40)18(12)34)27(43-6-5-7-3-1-2-4-8(7)43,10-14(30)20(36)25(41)21(37)15(10)31)11-16(32)22(38)26(42)23(39)17(11)33/h1-4H,5-6H2/q-1. The predicted octanol–water partition coefficient (Wildman–Crippen LogP) is 5.80. The van der Waals surface area contributed by atoms with Gasteiger partial charge in [-0.3, -0.25) is 0 Å². The SMILES string of the molecule is Fc1c(F)c(F)c([B-](c2c(F)c(F)c(F)c(F)c2F)(c2c(F)c(F)c(F)c(F)c2F)N2CCc3ccccc32)c(F)c1F. The maximum atomic E-state index is 15.6. The van der Waals surface area contributed by atoms with Gasteiger partial charge in [-0.15, -0.1) is 16.4 Å². The molecule has 1 heterocycles. The third kappa shape index (κ3) is 3.85. The van der Waals surface area contributed by atoms with Gasteiger partial charge in [0.15, 0.2) is 58.6 Å². The first-order valence-corrected chi connectivity index (χ1v) is 11.7. The zero-order valence-corrected chi connectivity index (χ0v) is 20.4. The lowest BCUT2D eigenvalue weighted by Crippen LogP contribution is -2.82. The number of fused-ring (bicyclic) bond motifs is 1. The van der Waals surface area contributed by atoms with Crippen molar-refractivity contribution in [3.63, 3.8) is 0 Å². The van der Waals surface area contributed by atoms with Gasteiger partial charge in [0.2, 0.25) is 0 Å². The molecule has 0 aromatic heterocycles. The molecule has 0 saturated carbocycles. The normalized spacial score (nSPS) is 13.2. The number of benzene rings is 4. The van der Waals surface area contributed by atoms with Crippen LogP contribution in [-0.2, 0) is 6.42 Å². The van der Waals surface area contributed by atoms with Crippen molar-refractivity contribution < 1.29 is 65.9 Å². The molecular formula is C26H8BF15N-. The van der Waals surface area contributed by atoms with E-state index >= 15 is 26.3 Å². The van der Waals surface area contributed by atoms with Gasteiger partial charge in [-0.05, 0) is 24.6 Å². The van der Waals surface area contributed by atoms with Crippen molar-refractivity contribution in [2.45, 2.75) is 6.42 Å². The summed E-state index contributed by atoms with van der Waals surface area (Å²) in [5.74, 6) is -45.3. The highest BCUT2D eigenvalue weighted by Crippen LogP contribution is 2.36. The number of nitrogens with zero attached hydrogens (tertiary/aromatic N) is 1. The van der Waals surface area contributed by atoms with Gasteiger partial charge >= 0.3 is 0 Å². The van der Waals surface area contributed by atoms with Crippen LogP contribution in [0.1, 0.15) is 5.56 Å². The number of hydrogen-bond acceptors (Lipinski definition) is 1. The topological polar surface area (TPSA) is 3.24 Å². The summed E-state index contributed by atoms with van der Waals surface area (Å²) in [4.78, 5) is 0.0875. The Kier molecular flexibility index (Phi) is 7.12. The summed E-state index contributed by atoms with van der Waals surface area (Å²) in [5.41, 5.74) is -8.62. The first kappa shape index (κ1) is 30.2. The fourth-order valence-corrected chi connectivity index (χ4v) is 5.63. The predicted molar refractivity (Wildman–Crippen MR) is 121 cm³/mol. The molecule has 1 aliphatic heterocycles. The van der Waals surface area contributed by atoms with Crippen molar-refractivity contribution in [2.75, 3.05) is 11.4 Å². The van der Waals surface area contributed by atoms with Crippen LogP contribution in [0.25, 0.3) is 0 Å². The highest BCUT2D eigenvalue weighted by molar-refractivity contribution is 7.14. The molecule has 0 saturated heterocycles. The Morgan fingerprint density at radius 1 is 0.395 bits per heavy atom. The molecule has 0 aliphatic carbocycles. The molecule has 0 atom stereocenters. The fraction of sp³-hybridized carbons (Fsp3) is 0.0769. The number of anilines is 1. The van der Waals surface area contributed by atoms with E-state index in [1.807, 2.05) is 0 Å². The lowest BCUT2D eigenvalue weighted by molar-refractivity contribution is 0.379. The summed E-state index contributed by atoms with van der Waals surface area (Å²) in [7, 11) is 0. The lowest BCUT2D eigenvalue weighted by Gasteiger charge is -2.53. The van der Waals surface area contributed by atoms with Crippen LogP contribution in [0, 0.1) is 87.3 Å². The second-order valence-corrected chi connectivity index (χ2v) is 9.34. The van der Waals surface area contributed by atoms with E-state index in [2.05, 4.69) is 0 Å². The highest BCUT2D eigenvalue weighted by atomic mass is 19.2. The molecular weight excluding hydrogens is 622 g/mol. The van der Waals surface area contributed by atoms with E-state index in [4.69, 9.17) is 0 Å². The molecule has 0 N–H and O–H groups in total. The number of para-hydroxylation sites is 1. The number of hydrogen-bond donors (Lipinski definition) is 0. The van der Waals surface area contributed by atoms with Gasteiger partial charge in [-0.2, -0.15) is 0 Å². The van der Waals surface area contributed by atoms with E-state index in [9.17, 15) is 39.5 Å². The van der Waals surface area contributed by atoms with Crippen molar-refractivity contribution in [1.82, 2.24) is 0 Å². The Morgan fingerprint density at radius 3 is 1.00 bits per heavy atom. The van der Waals surface area contributed by atoms with Crippen LogP contribution >= 0.6 is 0 Å². The van der Waals surface area contributed by atoms with Crippen LogP contribution < -0.4 is 21.2 Å². The molecule has 4 aromatic carbocycles. The van der Waals surface area contributed by atoms with Crippen LogP contribution in [0.2, 0.25) is 0 Å². The van der Waals surface area contributed by atoms with Gasteiger partial charge in [0.05, 0.1) is 0 Å². The molecule has 4 aromatic rings. The molecule has 226 valence electrons. The lowest BCUT2D eigenvalue weighted by atomic mass is 9.22. The Bertz CT molecular complexity index is 1600. The summed E-state index contributed by atoms with van der Waals surface area (Å²) < 4.78 is 224. The molecule has 0 fully saturated rings. The molecule has 5 rings (SSSR count). The minimum absolute atomic E-state index is 0.0506. The molecule has 0 unspecified atom stereocenters. The maximum absolute atomic E-state index is 15.6. The van der Waals surface area contributed by atoms with Crippen molar-refractivity contribution in [3.8, 4) is 0 Å². The zero-order chi connectivity index (χ0) is 31.9. The quantitative estimate of drug-likeness (QED) is 0.119. The minimum atomic E-state index is -5.79. The highest BCUT2D eigenvalue weighted by Gasteiger charge is 2.52. The Balaban J connectivity index is 2.22. The summed E-state index contributed by atoms with van der Waals surface area (Å²) >= 11 is 0. The molecule has 1 aliphatic rings. The fourth-order valence-electron chi connectivity index (χ4n) is 5.63. The van der Waals surface area contributed by atoms with Crippen LogP contribution in [0.5, 0.6) is 0 Å². The molecule has 0 spiro atoms. The molecule has 1 nitrogen and oxygen atoms in total. The minimum Gasteiger partial charge on any atom is -0.533 e. The van der Waals surface area contributed by atoms with E-state index in [1.54, 1.807) is 0 Å². The molecule has 17 heteroatoms. The van der Waals surface area contributed by atoms with Crippen LogP contribution in [0.3, 0.4) is 0 Å². The third-order valence-corrected chi connectivity index (χ3v) is 7.38. The van der Waals surface area contributed by atoms with E-state index < -0.39 is 129 Å². The van der Waals surface area contributed by atoms with Crippen molar-refractivity contribution in [1.29, 1.82) is 0 Å². The van der Waals surface area contributed by atoms with Gasteiger partial charge in [0.25, 0.3) is 0 Å². The average Bonchev–Trinajstić information content (AvgIpc) is 3.43. The van der Waals surface area contributed by atoms with Gasteiger partial charge in [0, 0.05) is 5.69 Å². The van der Waals surface area contributed by atoms with Gasteiger partial charge in [-0.1, -0.05) is 18.2 Å². The Morgan fingerprint density at radius 2 is 0.674 bits per heavy atom. The zero-order valence-electron chi connectivity index (χ0n) is 20.4. The Labute approximate surface area is 229 Å². The van der Waals surface area contributed by atoms with Gasteiger partial charge < -0.3 is 4.81 Å². The summed E-state index contributed by atoms with van der Waals surface area (Å²) in [6.07, 6.45) is -6.23. The van der Waals surface area contributed by atoms with Crippen LogP contribution in [-0.4, -0.2) is 12.8 Å². The average molecular weight is 630 g/mol. The van der Waals surface area contributed by atoms with Gasteiger partial charge in [-0.25, -0.2) is 65.9 Å². The van der Waals surface area contributed by atoms with Crippen LogP contribution in [0.4, 0.5) is 71.5 Å². The van der Waals surface area contributed by atoms with Crippen LogP contribution in [0.15, 0.2) is 24.3 Å². The largest absolute Gasteiger partial charge is 0.533 e. The molecule has 0 bridgehead atoms. The first-order valence-electron chi connectivity index (χ1n) is 11.7. The van der Waals surface area contributed by atoms with E-state index in [1.165, 1.54) is 12.1 Å². The summed E-state index contributed by atoms with van der Waals surface area (Å²) in [6.45, 7) is -1.00. The first-order chi connectivity index (χ1) is 20.1. The van der Waals surface area contributed by atoms with E-state index in [0.29, 0.717) is 0 Å². The molecule has 0 amide bonds. The number of rotatable bonds is 4. The number of halogens is 15. The Hall–Kier alpha value is -4.31. The molecule has 43 heavy (non-hydrogen) atoms. The van der Waals surface area contributed by atoms with E-state index in [-0.39, 0.29) is 10.4 Å². The van der Waals surface area contributed by atoms with Gasteiger partial charge in [0.1, 0.15) is 34.9 Å². The third-order valence-electron chi connectivity index (χ3n) is 7.38. The summed E-state index contributed by atoms with van der Waals surface area (Å²) in [6, 6.07) is 4.38. The second kappa shape index (κ2) is 10.2. The van der Waals surface area contributed by atoms with E-state index in [0.717, 1.165) is 12.1 Å². The van der Waals surface area contributed by atoms with Crippen molar-refractivity contribution in [2.24, 2.45) is 0 Å². The van der Waals surface area contributed by atoms with Crippen molar-refractivity contribution in [3.05, 3.63) is 117 Å². The summed E-state index contributed by atoms with van der Waals surface area (Å²) in [5, 5.41) is 0. The molecule has 0 radical (unpaired) electrons. The maximum Gasteiger partial charge on any atom is 0.200 e. The smallest absolute Gasteiger partial charge is 0.200 e. The monoisotopic (exact) mass is 630 g/mol.